The molecule has 1 rings (SSSR count). The topological polar surface area (TPSA) is 63.2 Å². The van der Waals surface area contributed by atoms with Crippen LogP contribution in [0, 0.1) is 5.41 Å². The lowest BCUT2D eigenvalue weighted by molar-refractivity contribution is -0.118. The third-order valence-electron chi connectivity index (χ3n) is 1.77. The summed E-state index contributed by atoms with van der Waals surface area (Å²) in [6.07, 6.45) is 0. The first-order valence-corrected chi connectivity index (χ1v) is 5.46. The monoisotopic (exact) mass is 191 g/mol. The van der Waals surface area contributed by atoms with Crippen molar-refractivity contribution in [2.24, 2.45) is 5.41 Å². The lowest BCUT2D eigenvalue weighted by Crippen LogP contribution is -2.40. The van der Waals surface area contributed by atoms with Crippen LogP contribution in [0.5, 0.6) is 0 Å². The Labute approximate surface area is 72.3 Å². The van der Waals surface area contributed by atoms with Crippen LogP contribution in [0.25, 0.3) is 0 Å². The van der Waals surface area contributed by atoms with E-state index in [2.05, 4.69) is 5.32 Å². The minimum absolute atomic E-state index is 0.366. The summed E-state index contributed by atoms with van der Waals surface area (Å²) in [7, 11) is -3.25. The van der Waals surface area contributed by atoms with Gasteiger partial charge in [-0.3, -0.25) is 4.79 Å². The second-order valence-corrected chi connectivity index (χ2v) is 6.21. The van der Waals surface area contributed by atoms with Gasteiger partial charge >= 0.3 is 0 Å². The Morgan fingerprint density at radius 2 is 1.92 bits per heavy atom. The van der Waals surface area contributed by atoms with Crippen molar-refractivity contribution in [3.05, 3.63) is 0 Å². The van der Waals surface area contributed by atoms with Gasteiger partial charge in [0, 0.05) is 0 Å². The summed E-state index contributed by atoms with van der Waals surface area (Å²) in [4.78, 5) is 10.8. The molecule has 0 aliphatic carbocycles. The molecule has 4 nitrogen and oxygen atoms in total. The molecule has 0 bridgehead atoms. The number of carbonyl (C=O) groups is 1. The maximum Gasteiger partial charge on any atom is 0.236 e. The lowest BCUT2D eigenvalue weighted by Gasteiger charge is -2.25. The molecule has 1 aliphatic heterocycles. The fourth-order valence-electron chi connectivity index (χ4n) is 1.30. The zero-order chi connectivity index (χ0) is 9.57. The highest BCUT2D eigenvalue weighted by Crippen LogP contribution is 2.26. The highest BCUT2D eigenvalue weighted by Gasteiger charge is 2.43. The fraction of sp³-hybridized carbons (Fsp3) is 0.857. The van der Waals surface area contributed by atoms with E-state index in [1.807, 2.05) is 0 Å². The maximum absolute atomic E-state index is 11.3. The van der Waals surface area contributed by atoms with E-state index >= 15 is 0 Å². The maximum atomic E-state index is 11.3. The van der Waals surface area contributed by atoms with Gasteiger partial charge in [0.15, 0.2) is 9.84 Å². The molecule has 70 valence electrons. The van der Waals surface area contributed by atoms with Gasteiger partial charge in [-0.05, 0) is 5.41 Å². The summed E-state index contributed by atoms with van der Waals surface area (Å²) in [5, 5.41) is 1.73. The van der Waals surface area contributed by atoms with E-state index in [9.17, 15) is 13.2 Å². The van der Waals surface area contributed by atoms with Crippen molar-refractivity contribution in [3.63, 3.8) is 0 Å². The van der Waals surface area contributed by atoms with Crippen LogP contribution in [0.4, 0.5) is 0 Å². The predicted molar refractivity (Wildman–Crippen MR) is 45.2 cm³/mol. The van der Waals surface area contributed by atoms with Crippen LogP contribution in [-0.2, 0) is 14.6 Å². The minimum Gasteiger partial charge on any atom is -0.338 e. The number of nitrogens with one attached hydrogen (secondary N) is 1. The predicted octanol–water partition coefficient (Wildman–Crippen LogP) is -0.0968. The van der Waals surface area contributed by atoms with E-state index in [1.165, 1.54) is 0 Å². The molecule has 1 amide bonds. The lowest BCUT2D eigenvalue weighted by atomic mass is 9.96. The first kappa shape index (κ1) is 9.51. The van der Waals surface area contributed by atoms with E-state index in [0.717, 1.165) is 0 Å². The van der Waals surface area contributed by atoms with Gasteiger partial charge < -0.3 is 5.32 Å². The third-order valence-corrected chi connectivity index (χ3v) is 3.98. The zero-order valence-corrected chi connectivity index (χ0v) is 8.23. The molecule has 0 aromatic heterocycles. The summed E-state index contributed by atoms with van der Waals surface area (Å²) < 4.78 is 22.7. The molecule has 1 aliphatic rings. The Kier molecular flexibility index (Phi) is 1.94. The van der Waals surface area contributed by atoms with Crippen LogP contribution >= 0.6 is 0 Å². The average Bonchev–Trinajstić information content (AvgIpc) is 2.02. The van der Waals surface area contributed by atoms with Crippen LogP contribution < -0.4 is 5.32 Å². The molecule has 12 heavy (non-hydrogen) atoms. The van der Waals surface area contributed by atoms with Crippen LogP contribution in [0.1, 0.15) is 20.8 Å². The Morgan fingerprint density at radius 3 is 2.08 bits per heavy atom. The molecule has 1 unspecified atom stereocenters. The second kappa shape index (κ2) is 2.45. The number of rotatable bonds is 0. The largest absolute Gasteiger partial charge is 0.338 e. The Balaban J connectivity index is 3.02. The highest BCUT2D eigenvalue weighted by molar-refractivity contribution is 7.93. The van der Waals surface area contributed by atoms with E-state index in [1.54, 1.807) is 20.8 Å². The molecule has 1 fully saturated rings. The van der Waals surface area contributed by atoms with E-state index in [0.29, 0.717) is 0 Å². The molecular weight excluding hydrogens is 178 g/mol. The van der Waals surface area contributed by atoms with Crippen molar-refractivity contribution in [1.29, 1.82) is 0 Å². The first-order chi connectivity index (χ1) is 5.23. The van der Waals surface area contributed by atoms with Crippen LogP contribution in [0.2, 0.25) is 0 Å². The molecule has 1 saturated heterocycles. The first-order valence-electron chi connectivity index (χ1n) is 3.74. The summed E-state index contributed by atoms with van der Waals surface area (Å²) in [5.74, 6) is -0.760. The van der Waals surface area contributed by atoms with Crippen LogP contribution in [0.3, 0.4) is 0 Å². The third kappa shape index (κ3) is 1.60. The Bertz CT molecular complexity index is 299. The van der Waals surface area contributed by atoms with Crippen LogP contribution in [0.15, 0.2) is 0 Å². The van der Waals surface area contributed by atoms with Gasteiger partial charge in [0.25, 0.3) is 0 Å². The summed E-state index contributed by atoms with van der Waals surface area (Å²) in [6.45, 7) is 5.38. The molecule has 0 spiro atoms. The number of hydrogen-bond acceptors (Lipinski definition) is 3. The average molecular weight is 191 g/mol. The number of sulfone groups is 1. The second-order valence-electron chi connectivity index (χ2n) is 4.12. The van der Waals surface area contributed by atoms with Crippen molar-refractivity contribution < 1.29 is 13.2 Å². The molecule has 0 saturated carbocycles. The molecule has 0 radical (unpaired) electrons. The standard InChI is InChI=1S/C7H13NO3S/c1-7(2,3)6-8-5(9)4-12(6,10)11/h6H,4H2,1-3H3,(H,8,9). The summed E-state index contributed by atoms with van der Waals surface area (Å²) in [5.41, 5.74) is -0.426. The Hall–Kier alpha value is -0.580. The van der Waals surface area contributed by atoms with Gasteiger partial charge in [-0.25, -0.2) is 8.42 Å². The van der Waals surface area contributed by atoms with Gasteiger partial charge in [0.2, 0.25) is 5.91 Å². The van der Waals surface area contributed by atoms with Gasteiger partial charge in [-0.1, -0.05) is 20.8 Å². The SMILES string of the molecule is CC(C)(C)C1NC(=O)CS1(=O)=O. The zero-order valence-electron chi connectivity index (χ0n) is 7.42. The quantitative estimate of drug-likeness (QED) is 0.581. The van der Waals surface area contributed by atoms with Crippen molar-refractivity contribution in [3.8, 4) is 0 Å². The summed E-state index contributed by atoms with van der Waals surface area (Å²) >= 11 is 0. The highest BCUT2D eigenvalue weighted by atomic mass is 32.2. The smallest absolute Gasteiger partial charge is 0.236 e. The number of carbonyl (C=O) groups excluding carboxylic acids is 1. The molecule has 5 heteroatoms. The van der Waals surface area contributed by atoms with Crippen LogP contribution in [-0.4, -0.2) is 25.5 Å². The number of hydrogen-bond donors (Lipinski definition) is 1. The minimum atomic E-state index is -3.25. The molecule has 1 heterocycles. The van der Waals surface area contributed by atoms with Crippen molar-refractivity contribution in [2.75, 3.05) is 5.75 Å². The van der Waals surface area contributed by atoms with Gasteiger partial charge in [-0.2, -0.15) is 0 Å². The molecule has 0 aromatic carbocycles. The Morgan fingerprint density at radius 1 is 1.42 bits per heavy atom. The van der Waals surface area contributed by atoms with Gasteiger partial charge in [-0.15, -0.1) is 0 Å². The molecular formula is C7H13NO3S. The van der Waals surface area contributed by atoms with Crippen molar-refractivity contribution in [2.45, 2.75) is 26.1 Å². The molecule has 1 atom stereocenters. The van der Waals surface area contributed by atoms with Gasteiger partial charge in [0.1, 0.15) is 11.1 Å². The van der Waals surface area contributed by atoms with Crippen molar-refractivity contribution in [1.82, 2.24) is 5.32 Å². The molecule has 0 aromatic rings. The normalized spacial score (nSPS) is 28.6. The van der Waals surface area contributed by atoms with E-state index in [4.69, 9.17) is 0 Å². The van der Waals surface area contributed by atoms with E-state index in [-0.39, 0.29) is 5.75 Å². The molecule has 1 N–H and O–H groups in total. The van der Waals surface area contributed by atoms with Crippen molar-refractivity contribution >= 4 is 15.7 Å². The van der Waals surface area contributed by atoms with Gasteiger partial charge in [0.05, 0.1) is 0 Å². The fourth-order valence-corrected chi connectivity index (χ4v) is 3.30. The number of amides is 1. The summed E-state index contributed by atoms with van der Waals surface area (Å²) in [6, 6.07) is 0. The van der Waals surface area contributed by atoms with E-state index < -0.39 is 26.5 Å².